The third-order valence-corrected chi connectivity index (χ3v) is 4.58. The van der Waals surface area contributed by atoms with Crippen LogP contribution in [-0.4, -0.2) is 43.4 Å². The first-order valence-corrected chi connectivity index (χ1v) is 8.34. The molecule has 1 saturated heterocycles. The standard InChI is InChI=1S/C16H23F3N4/c1-2-3-9-22-11-8-20-15-12(22)6-7-14(21-15)23-10-4-5-13(23)16(17,18)19/h6-7,13H,2-5,8-11H2,1H3,(H,20,21)/t13-/m0/s1. The summed E-state index contributed by atoms with van der Waals surface area (Å²) in [5, 5.41) is 3.23. The molecule has 3 rings (SSSR count). The highest BCUT2D eigenvalue weighted by Gasteiger charge is 2.46. The quantitative estimate of drug-likeness (QED) is 0.914. The Labute approximate surface area is 134 Å². The Morgan fingerprint density at radius 1 is 1.30 bits per heavy atom. The number of anilines is 3. The summed E-state index contributed by atoms with van der Waals surface area (Å²) in [6, 6.07) is 2.23. The first-order valence-electron chi connectivity index (χ1n) is 8.34. The summed E-state index contributed by atoms with van der Waals surface area (Å²) >= 11 is 0. The van der Waals surface area contributed by atoms with E-state index in [9.17, 15) is 13.2 Å². The Balaban J connectivity index is 1.83. The molecule has 1 atom stereocenters. The molecule has 1 N–H and O–H groups in total. The average Bonchev–Trinajstić information content (AvgIpc) is 3.02. The molecule has 7 heteroatoms. The van der Waals surface area contributed by atoms with E-state index < -0.39 is 12.2 Å². The van der Waals surface area contributed by atoms with Gasteiger partial charge in [0.1, 0.15) is 11.9 Å². The lowest BCUT2D eigenvalue weighted by Crippen LogP contribution is -2.42. The van der Waals surface area contributed by atoms with E-state index in [1.54, 1.807) is 6.07 Å². The van der Waals surface area contributed by atoms with Crippen LogP contribution in [0.4, 0.5) is 30.5 Å². The van der Waals surface area contributed by atoms with E-state index in [0.717, 1.165) is 38.2 Å². The van der Waals surface area contributed by atoms with Crippen LogP contribution in [0.25, 0.3) is 0 Å². The minimum atomic E-state index is -4.20. The molecule has 0 spiro atoms. The first kappa shape index (κ1) is 16.2. The lowest BCUT2D eigenvalue weighted by atomic mass is 10.2. The van der Waals surface area contributed by atoms with E-state index in [1.807, 2.05) is 6.07 Å². The molecule has 128 valence electrons. The summed E-state index contributed by atoms with van der Waals surface area (Å²) in [6.07, 6.45) is -1.28. The number of hydrogen-bond donors (Lipinski definition) is 1. The molecule has 0 aliphatic carbocycles. The molecule has 0 aromatic carbocycles. The third kappa shape index (κ3) is 3.33. The van der Waals surface area contributed by atoms with Gasteiger partial charge in [-0.3, -0.25) is 0 Å². The fourth-order valence-electron chi connectivity index (χ4n) is 3.38. The van der Waals surface area contributed by atoms with Gasteiger partial charge in [0.05, 0.1) is 5.69 Å². The molecule has 23 heavy (non-hydrogen) atoms. The Hall–Kier alpha value is -1.66. The Kier molecular flexibility index (Phi) is 4.55. The predicted molar refractivity (Wildman–Crippen MR) is 86.3 cm³/mol. The van der Waals surface area contributed by atoms with Crippen molar-refractivity contribution in [3.63, 3.8) is 0 Å². The molecule has 0 amide bonds. The van der Waals surface area contributed by atoms with E-state index in [0.29, 0.717) is 24.6 Å². The third-order valence-electron chi connectivity index (χ3n) is 4.58. The number of aromatic nitrogens is 1. The molecule has 1 fully saturated rings. The van der Waals surface area contributed by atoms with Crippen LogP contribution < -0.4 is 15.1 Å². The van der Waals surface area contributed by atoms with Crippen molar-refractivity contribution < 1.29 is 13.2 Å². The lowest BCUT2D eigenvalue weighted by Gasteiger charge is -2.33. The second-order valence-electron chi connectivity index (χ2n) is 6.20. The maximum atomic E-state index is 13.1. The molecule has 0 radical (unpaired) electrons. The van der Waals surface area contributed by atoms with Crippen LogP contribution in [-0.2, 0) is 0 Å². The van der Waals surface area contributed by atoms with E-state index in [2.05, 4.69) is 22.1 Å². The van der Waals surface area contributed by atoms with Crippen LogP contribution in [0.2, 0.25) is 0 Å². The average molecular weight is 328 g/mol. The second-order valence-corrected chi connectivity index (χ2v) is 6.20. The summed E-state index contributed by atoms with van der Waals surface area (Å²) in [5.74, 6) is 1.13. The number of unbranched alkanes of at least 4 members (excludes halogenated alkanes) is 1. The van der Waals surface area contributed by atoms with Crippen molar-refractivity contribution in [2.24, 2.45) is 0 Å². The Morgan fingerprint density at radius 2 is 2.13 bits per heavy atom. The van der Waals surface area contributed by atoms with Crippen molar-refractivity contribution in [2.75, 3.05) is 41.3 Å². The second kappa shape index (κ2) is 6.45. The number of fused-ring (bicyclic) bond motifs is 1. The van der Waals surface area contributed by atoms with Gasteiger partial charge in [0, 0.05) is 26.2 Å². The molecule has 4 nitrogen and oxygen atoms in total. The van der Waals surface area contributed by atoms with Crippen molar-refractivity contribution in [3.05, 3.63) is 12.1 Å². The normalized spacial score (nSPS) is 21.3. The molecular formula is C16H23F3N4. The van der Waals surface area contributed by atoms with E-state index in [1.165, 1.54) is 4.90 Å². The van der Waals surface area contributed by atoms with Crippen LogP contribution in [0.15, 0.2) is 12.1 Å². The summed E-state index contributed by atoms with van der Waals surface area (Å²) in [4.78, 5) is 8.15. The molecule has 3 heterocycles. The van der Waals surface area contributed by atoms with E-state index in [4.69, 9.17) is 0 Å². The lowest BCUT2D eigenvalue weighted by molar-refractivity contribution is -0.146. The number of rotatable bonds is 4. The van der Waals surface area contributed by atoms with Gasteiger partial charge >= 0.3 is 6.18 Å². The summed E-state index contributed by atoms with van der Waals surface area (Å²) in [6.45, 7) is 5.20. The zero-order chi connectivity index (χ0) is 16.4. The Bertz CT molecular complexity index is 547. The molecule has 0 unspecified atom stereocenters. The SMILES string of the molecule is CCCCN1CCNc2nc(N3CCC[C@H]3C(F)(F)F)ccc21. The monoisotopic (exact) mass is 328 g/mol. The van der Waals surface area contributed by atoms with Crippen molar-refractivity contribution in [1.29, 1.82) is 0 Å². The first-order chi connectivity index (χ1) is 11.0. The number of nitrogens with one attached hydrogen (secondary N) is 1. The molecule has 2 aliphatic rings. The maximum absolute atomic E-state index is 13.1. The van der Waals surface area contributed by atoms with Gasteiger partial charge < -0.3 is 15.1 Å². The summed E-state index contributed by atoms with van der Waals surface area (Å²) < 4.78 is 39.4. The highest BCUT2D eigenvalue weighted by Crippen LogP contribution is 2.37. The molecule has 2 aliphatic heterocycles. The van der Waals surface area contributed by atoms with Crippen LogP contribution in [0.1, 0.15) is 32.6 Å². The summed E-state index contributed by atoms with van der Waals surface area (Å²) in [5.41, 5.74) is 0.996. The fourth-order valence-corrected chi connectivity index (χ4v) is 3.38. The molecule has 1 aromatic heterocycles. The van der Waals surface area contributed by atoms with Crippen LogP contribution in [0.5, 0.6) is 0 Å². The number of nitrogens with zero attached hydrogens (tertiary/aromatic N) is 3. The van der Waals surface area contributed by atoms with Gasteiger partial charge in [0.2, 0.25) is 0 Å². The zero-order valence-electron chi connectivity index (χ0n) is 13.4. The van der Waals surface area contributed by atoms with Crippen molar-refractivity contribution in [2.45, 2.75) is 44.8 Å². The topological polar surface area (TPSA) is 31.4 Å². The smallest absolute Gasteiger partial charge is 0.367 e. The van der Waals surface area contributed by atoms with E-state index >= 15 is 0 Å². The maximum Gasteiger partial charge on any atom is 0.408 e. The van der Waals surface area contributed by atoms with Gasteiger partial charge in [-0.1, -0.05) is 13.3 Å². The van der Waals surface area contributed by atoms with E-state index in [-0.39, 0.29) is 6.42 Å². The highest BCUT2D eigenvalue weighted by molar-refractivity contribution is 5.71. The molecular weight excluding hydrogens is 305 g/mol. The Morgan fingerprint density at radius 3 is 2.87 bits per heavy atom. The summed E-state index contributed by atoms with van der Waals surface area (Å²) in [7, 11) is 0. The number of halogens is 3. The van der Waals surface area contributed by atoms with Crippen LogP contribution in [0.3, 0.4) is 0 Å². The number of hydrogen-bond acceptors (Lipinski definition) is 4. The zero-order valence-corrected chi connectivity index (χ0v) is 13.4. The minimum absolute atomic E-state index is 0.151. The van der Waals surface area contributed by atoms with Gasteiger partial charge in [-0.05, 0) is 31.4 Å². The predicted octanol–water partition coefficient (Wildman–Crippen LogP) is 3.64. The molecule has 0 saturated carbocycles. The molecule has 1 aromatic rings. The molecule has 0 bridgehead atoms. The van der Waals surface area contributed by atoms with Crippen molar-refractivity contribution >= 4 is 17.3 Å². The van der Waals surface area contributed by atoms with Gasteiger partial charge in [0.25, 0.3) is 0 Å². The van der Waals surface area contributed by atoms with Gasteiger partial charge in [-0.15, -0.1) is 0 Å². The minimum Gasteiger partial charge on any atom is -0.367 e. The van der Waals surface area contributed by atoms with Crippen LogP contribution >= 0.6 is 0 Å². The van der Waals surface area contributed by atoms with Crippen molar-refractivity contribution in [1.82, 2.24) is 4.98 Å². The van der Waals surface area contributed by atoms with Gasteiger partial charge in [0.15, 0.2) is 5.82 Å². The van der Waals surface area contributed by atoms with Crippen LogP contribution in [0, 0.1) is 0 Å². The number of pyridine rings is 1. The van der Waals surface area contributed by atoms with Gasteiger partial charge in [-0.25, -0.2) is 4.98 Å². The van der Waals surface area contributed by atoms with Gasteiger partial charge in [-0.2, -0.15) is 13.2 Å². The van der Waals surface area contributed by atoms with Crippen molar-refractivity contribution in [3.8, 4) is 0 Å². The fraction of sp³-hybridized carbons (Fsp3) is 0.688. The largest absolute Gasteiger partial charge is 0.408 e. The number of alkyl halides is 3. The highest BCUT2D eigenvalue weighted by atomic mass is 19.4.